The van der Waals surface area contributed by atoms with Crippen molar-refractivity contribution in [1.82, 2.24) is 5.48 Å². The molecule has 4 nitrogen and oxygen atoms in total. The van der Waals surface area contributed by atoms with Gasteiger partial charge in [-0.15, -0.1) is 0 Å². The standard InChI is InChI=1S/C24H29NO3/c1-16(21(26)25-28-22(27)17-9-7-6-8-10-17)18-11-12-19-20(15-18)24(4,5)14-13-23(19,2)3/h6-12,15-16H,13-14H2,1-5H3,(H,25,26). The summed E-state index contributed by atoms with van der Waals surface area (Å²) < 4.78 is 0. The predicted octanol–water partition coefficient (Wildman–Crippen LogP) is 5.03. The summed E-state index contributed by atoms with van der Waals surface area (Å²) in [5, 5.41) is 0. The van der Waals surface area contributed by atoms with Gasteiger partial charge < -0.3 is 4.84 Å². The van der Waals surface area contributed by atoms with E-state index in [1.165, 1.54) is 11.1 Å². The van der Waals surface area contributed by atoms with Crippen molar-refractivity contribution in [2.75, 3.05) is 0 Å². The number of hydrogen-bond acceptors (Lipinski definition) is 3. The molecule has 0 aliphatic heterocycles. The third kappa shape index (κ3) is 3.96. The third-order valence-corrected chi connectivity index (χ3v) is 6.02. The van der Waals surface area contributed by atoms with Gasteiger partial charge >= 0.3 is 5.97 Å². The zero-order valence-corrected chi connectivity index (χ0v) is 17.3. The maximum absolute atomic E-state index is 12.5. The van der Waals surface area contributed by atoms with E-state index in [-0.39, 0.29) is 16.7 Å². The SMILES string of the molecule is CC(C(=O)NOC(=O)c1ccccc1)c1ccc2c(c1)C(C)(C)CCC2(C)C. The van der Waals surface area contributed by atoms with Gasteiger partial charge in [0.1, 0.15) is 0 Å². The van der Waals surface area contributed by atoms with Crippen molar-refractivity contribution in [3.63, 3.8) is 0 Å². The Morgan fingerprint density at radius 2 is 1.54 bits per heavy atom. The molecule has 1 atom stereocenters. The lowest BCUT2D eigenvalue weighted by molar-refractivity contribution is -0.131. The molecule has 4 heteroatoms. The number of nitrogens with one attached hydrogen (secondary N) is 1. The Kier molecular flexibility index (Phi) is 5.33. The van der Waals surface area contributed by atoms with Crippen LogP contribution in [0.3, 0.4) is 0 Å². The van der Waals surface area contributed by atoms with Crippen LogP contribution in [0.15, 0.2) is 48.5 Å². The second kappa shape index (κ2) is 7.42. The Labute approximate surface area is 167 Å². The van der Waals surface area contributed by atoms with Crippen LogP contribution in [0.2, 0.25) is 0 Å². The van der Waals surface area contributed by atoms with Gasteiger partial charge in [0.05, 0.1) is 11.5 Å². The van der Waals surface area contributed by atoms with Crippen molar-refractivity contribution < 1.29 is 14.4 Å². The minimum atomic E-state index is -0.575. The van der Waals surface area contributed by atoms with E-state index in [4.69, 9.17) is 4.84 Å². The lowest BCUT2D eigenvalue weighted by atomic mass is 9.62. The first-order chi connectivity index (χ1) is 13.1. The molecule has 0 fully saturated rings. The number of carbonyl (C=O) groups is 2. The van der Waals surface area contributed by atoms with E-state index in [0.717, 1.165) is 18.4 Å². The number of amides is 1. The smallest absolute Gasteiger partial charge is 0.335 e. The van der Waals surface area contributed by atoms with Gasteiger partial charge in [-0.1, -0.05) is 64.1 Å². The zero-order valence-electron chi connectivity index (χ0n) is 17.3. The van der Waals surface area contributed by atoms with Crippen molar-refractivity contribution in [2.45, 2.75) is 64.2 Å². The summed E-state index contributed by atoms with van der Waals surface area (Å²) >= 11 is 0. The van der Waals surface area contributed by atoms with E-state index >= 15 is 0 Å². The Balaban J connectivity index is 1.75. The summed E-state index contributed by atoms with van der Waals surface area (Å²) in [5.41, 5.74) is 6.52. The molecule has 0 heterocycles. The van der Waals surface area contributed by atoms with Crippen LogP contribution in [0.1, 0.15) is 80.4 Å². The number of rotatable bonds is 3. The summed E-state index contributed by atoms with van der Waals surface area (Å²) in [6.45, 7) is 10.9. The normalized spacial score (nSPS) is 17.9. The summed E-state index contributed by atoms with van der Waals surface area (Å²) in [5.74, 6) is -1.33. The van der Waals surface area contributed by atoms with Gasteiger partial charge in [-0.2, -0.15) is 5.48 Å². The first-order valence-corrected chi connectivity index (χ1v) is 9.83. The van der Waals surface area contributed by atoms with Crippen LogP contribution in [0.25, 0.3) is 0 Å². The maximum Gasteiger partial charge on any atom is 0.362 e. The molecule has 0 aromatic heterocycles. The molecule has 0 spiro atoms. The number of benzene rings is 2. The van der Waals surface area contributed by atoms with Crippen LogP contribution < -0.4 is 5.48 Å². The average Bonchev–Trinajstić information content (AvgIpc) is 2.69. The van der Waals surface area contributed by atoms with Gasteiger partial charge in [-0.05, 0) is 59.4 Å². The van der Waals surface area contributed by atoms with E-state index in [1.807, 2.05) is 19.1 Å². The van der Waals surface area contributed by atoms with Gasteiger partial charge in [-0.3, -0.25) is 4.79 Å². The van der Waals surface area contributed by atoms with Crippen molar-refractivity contribution >= 4 is 11.9 Å². The molecular formula is C24H29NO3. The molecule has 2 aromatic rings. The predicted molar refractivity (Wildman–Crippen MR) is 110 cm³/mol. The van der Waals surface area contributed by atoms with Gasteiger partial charge in [0.15, 0.2) is 0 Å². The highest BCUT2D eigenvalue weighted by Gasteiger charge is 2.37. The van der Waals surface area contributed by atoms with Crippen LogP contribution in [0, 0.1) is 0 Å². The van der Waals surface area contributed by atoms with E-state index < -0.39 is 11.9 Å². The van der Waals surface area contributed by atoms with Gasteiger partial charge in [0.25, 0.3) is 5.91 Å². The quantitative estimate of drug-likeness (QED) is 0.761. The molecule has 0 saturated heterocycles. The number of hydrogen-bond donors (Lipinski definition) is 1. The summed E-state index contributed by atoms with van der Waals surface area (Å²) in [7, 11) is 0. The lowest BCUT2D eigenvalue weighted by Crippen LogP contribution is -2.34. The van der Waals surface area contributed by atoms with Gasteiger partial charge in [0.2, 0.25) is 0 Å². The van der Waals surface area contributed by atoms with Crippen LogP contribution in [-0.2, 0) is 20.5 Å². The molecule has 1 N–H and O–H groups in total. The Morgan fingerprint density at radius 1 is 0.929 bits per heavy atom. The summed E-state index contributed by atoms with van der Waals surface area (Å²) in [6.07, 6.45) is 2.27. The Morgan fingerprint density at radius 3 is 2.18 bits per heavy atom. The highest BCUT2D eigenvalue weighted by atomic mass is 16.7. The first kappa shape index (κ1) is 20.1. The van der Waals surface area contributed by atoms with E-state index in [9.17, 15) is 9.59 Å². The molecule has 1 aliphatic rings. The second-order valence-electron chi connectivity index (χ2n) is 9.02. The summed E-state index contributed by atoms with van der Waals surface area (Å²) in [6, 6.07) is 14.9. The number of fused-ring (bicyclic) bond motifs is 1. The zero-order chi connectivity index (χ0) is 20.5. The minimum Gasteiger partial charge on any atom is -0.335 e. The van der Waals surface area contributed by atoms with E-state index in [1.54, 1.807) is 24.3 Å². The second-order valence-corrected chi connectivity index (χ2v) is 9.02. The average molecular weight is 380 g/mol. The molecule has 2 aromatic carbocycles. The molecule has 28 heavy (non-hydrogen) atoms. The maximum atomic E-state index is 12.5. The van der Waals surface area contributed by atoms with Crippen LogP contribution in [0.4, 0.5) is 0 Å². The van der Waals surface area contributed by atoms with Crippen LogP contribution in [-0.4, -0.2) is 11.9 Å². The highest BCUT2D eigenvalue weighted by molar-refractivity contribution is 5.91. The molecule has 148 valence electrons. The molecule has 0 saturated carbocycles. The van der Waals surface area contributed by atoms with Crippen molar-refractivity contribution in [2.24, 2.45) is 0 Å². The van der Waals surface area contributed by atoms with Crippen LogP contribution in [0.5, 0.6) is 0 Å². The molecule has 0 bridgehead atoms. The molecule has 1 amide bonds. The van der Waals surface area contributed by atoms with Crippen molar-refractivity contribution in [3.05, 3.63) is 70.8 Å². The fourth-order valence-corrected chi connectivity index (χ4v) is 3.85. The topological polar surface area (TPSA) is 55.4 Å². The monoisotopic (exact) mass is 379 g/mol. The fraction of sp³-hybridized carbons (Fsp3) is 0.417. The van der Waals surface area contributed by atoms with E-state index in [0.29, 0.717) is 5.56 Å². The number of hydroxylamine groups is 1. The Bertz CT molecular complexity index is 884. The van der Waals surface area contributed by atoms with Crippen molar-refractivity contribution in [3.8, 4) is 0 Å². The first-order valence-electron chi connectivity index (χ1n) is 9.83. The molecular weight excluding hydrogens is 350 g/mol. The number of carbonyl (C=O) groups excluding carboxylic acids is 2. The molecule has 1 unspecified atom stereocenters. The molecule has 1 aliphatic carbocycles. The molecule has 0 radical (unpaired) electrons. The largest absolute Gasteiger partial charge is 0.362 e. The van der Waals surface area contributed by atoms with Gasteiger partial charge in [0, 0.05) is 0 Å². The van der Waals surface area contributed by atoms with Crippen LogP contribution >= 0.6 is 0 Å². The highest BCUT2D eigenvalue weighted by Crippen LogP contribution is 2.46. The minimum absolute atomic E-state index is 0.0802. The summed E-state index contributed by atoms with van der Waals surface area (Å²) in [4.78, 5) is 29.5. The van der Waals surface area contributed by atoms with Gasteiger partial charge in [-0.25, -0.2) is 4.79 Å². The lowest BCUT2D eigenvalue weighted by Gasteiger charge is -2.42. The Hall–Kier alpha value is -2.62. The fourth-order valence-electron chi connectivity index (χ4n) is 3.85. The van der Waals surface area contributed by atoms with E-state index in [2.05, 4.69) is 45.3 Å². The third-order valence-electron chi connectivity index (χ3n) is 6.02. The van der Waals surface area contributed by atoms with Crippen molar-refractivity contribution in [1.29, 1.82) is 0 Å². The molecule has 3 rings (SSSR count).